The average molecular weight is 383 g/mol. The van der Waals surface area contributed by atoms with Crippen LogP contribution >= 0.6 is 0 Å². The van der Waals surface area contributed by atoms with Gasteiger partial charge in [0.15, 0.2) is 5.78 Å². The van der Waals surface area contributed by atoms with Crippen molar-refractivity contribution in [3.63, 3.8) is 0 Å². The van der Waals surface area contributed by atoms with Crippen LogP contribution in [-0.4, -0.2) is 44.6 Å². The zero-order valence-electron chi connectivity index (χ0n) is 16.1. The van der Waals surface area contributed by atoms with E-state index in [2.05, 4.69) is 0 Å². The lowest BCUT2D eigenvalue weighted by Crippen LogP contribution is -2.45. The summed E-state index contributed by atoms with van der Waals surface area (Å²) in [5.41, 5.74) is 0.846. The molecule has 26 heavy (non-hydrogen) atoms. The fourth-order valence-corrected chi connectivity index (χ4v) is 5.35. The molecular weight excluding hydrogens is 352 g/mol. The maximum absolute atomic E-state index is 12.0. The van der Waals surface area contributed by atoms with Crippen molar-refractivity contribution in [1.82, 2.24) is 0 Å². The fourth-order valence-electron chi connectivity index (χ4n) is 2.74. The number of benzene rings is 1. The number of phenolic OH excluding ortho intramolecular Hbond substituents is 1. The van der Waals surface area contributed by atoms with E-state index in [1.165, 1.54) is 19.1 Å². The highest BCUT2D eigenvalue weighted by atomic mass is 28.4. The Morgan fingerprint density at radius 1 is 1.00 bits per heavy atom. The Morgan fingerprint density at radius 2 is 1.50 bits per heavy atom. The lowest BCUT2D eigenvalue weighted by Gasteiger charge is -2.28. The van der Waals surface area contributed by atoms with Gasteiger partial charge in [-0.05, 0) is 64.8 Å². The van der Waals surface area contributed by atoms with E-state index in [0.29, 0.717) is 49.8 Å². The van der Waals surface area contributed by atoms with Gasteiger partial charge in [0, 0.05) is 37.0 Å². The number of Topliss-reactive ketones (excluding diaryl/α,β-unsaturated/α-hetero) is 1. The molecule has 0 saturated carbocycles. The molecule has 6 nitrogen and oxygen atoms in total. The molecule has 7 heteroatoms. The maximum atomic E-state index is 12.0. The van der Waals surface area contributed by atoms with Gasteiger partial charge in [0.05, 0.1) is 0 Å². The van der Waals surface area contributed by atoms with Gasteiger partial charge in [-0.3, -0.25) is 4.79 Å². The minimum atomic E-state index is -2.77. The van der Waals surface area contributed by atoms with E-state index in [0.717, 1.165) is 0 Å². The van der Waals surface area contributed by atoms with Crippen molar-refractivity contribution in [3.05, 3.63) is 35.4 Å². The monoisotopic (exact) mass is 382 g/mol. The molecule has 0 aliphatic carbocycles. The van der Waals surface area contributed by atoms with E-state index in [1.807, 2.05) is 20.8 Å². The summed E-state index contributed by atoms with van der Waals surface area (Å²) >= 11 is 0. The lowest BCUT2D eigenvalue weighted by atomic mass is 10.0. The first-order valence-electron chi connectivity index (χ1n) is 9.03. The van der Waals surface area contributed by atoms with E-state index in [-0.39, 0.29) is 17.3 Å². The number of ketones is 1. The van der Waals surface area contributed by atoms with Gasteiger partial charge >= 0.3 is 8.80 Å². The van der Waals surface area contributed by atoms with Crippen LogP contribution in [0.4, 0.5) is 0 Å². The summed E-state index contributed by atoms with van der Waals surface area (Å²) in [5, 5.41) is 19.8. The van der Waals surface area contributed by atoms with Gasteiger partial charge in [-0.15, -0.1) is 0 Å². The third-order valence-corrected chi connectivity index (χ3v) is 7.01. The topological polar surface area (TPSA) is 85.2 Å². The largest absolute Gasteiger partial charge is 0.508 e. The second-order valence-electron chi connectivity index (χ2n) is 5.77. The fraction of sp³-hybridized carbons (Fsp3) is 0.526. The molecule has 0 aliphatic heterocycles. The van der Waals surface area contributed by atoms with Crippen LogP contribution in [-0.2, 0) is 18.1 Å². The van der Waals surface area contributed by atoms with Crippen molar-refractivity contribution in [1.29, 1.82) is 0 Å². The Morgan fingerprint density at radius 3 is 1.92 bits per heavy atom. The smallest absolute Gasteiger partial charge is 0.500 e. The number of carbonyl (C=O) groups is 1. The zero-order chi connectivity index (χ0) is 19.6. The van der Waals surface area contributed by atoms with Crippen molar-refractivity contribution < 1.29 is 28.3 Å². The maximum Gasteiger partial charge on any atom is 0.500 e. The average Bonchev–Trinajstić information content (AvgIpc) is 2.59. The van der Waals surface area contributed by atoms with Gasteiger partial charge in [0.2, 0.25) is 0 Å². The molecule has 0 saturated heterocycles. The first-order valence-corrected chi connectivity index (χ1v) is 11.0. The summed E-state index contributed by atoms with van der Waals surface area (Å²) in [6.07, 6.45) is 0.993. The molecule has 2 N–H and O–H groups in total. The third kappa shape index (κ3) is 6.57. The van der Waals surface area contributed by atoms with E-state index in [4.69, 9.17) is 13.3 Å². The number of hydrogen-bond donors (Lipinski definition) is 2. The molecule has 0 bridgehead atoms. The Hall–Kier alpha value is -1.67. The lowest BCUT2D eigenvalue weighted by molar-refractivity contribution is -0.113. The quantitative estimate of drug-likeness (QED) is 0.322. The minimum absolute atomic E-state index is 0.0611. The van der Waals surface area contributed by atoms with Crippen LogP contribution in [0, 0.1) is 0 Å². The number of carbonyl (C=O) groups excluding carboxylic acids is 1. The molecule has 0 amide bonds. The molecule has 1 aromatic rings. The van der Waals surface area contributed by atoms with Crippen molar-refractivity contribution >= 4 is 20.3 Å². The van der Waals surface area contributed by atoms with Crippen LogP contribution in [0.5, 0.6) is 5.75 Å². The summed E-state index contributed by atoms with van der Waals surface area (Å²) in [5.74, 6) is -0.145. The second kappa shape index (κ2) is 11.1. The predicted octanol–water partition coefficient (Wildman–Crippen LogP) is 4.08. The van der Waals surface area contributed by atoms with Gasteiger partial charge in [0.1, 0.15) is 11.5 Å². The third-order valence-electron chi connectivity index (χ3n) is 3.85. The van der Waals surface area contributed by atoms with Gasteiger partial charge in [-0.25, -0.2) is 0 Å². The van der Waals surface area contributed by atoms with Crippen LogP contribution in [0.25, 0.3) is 5.76 Å². The summed E-state index contributed by atoms with van der Waals surface area (Å²) in [6.45, 7) is 8.64. The molecule has 1 rings (SSSR count). The number of allylic oxidation sites excluding steroid dienone is 1. The highest BCUT2D eigenvalue weighted by Gasteiger charge is 2.39. The molecule has 146 valence electrons. The highest BCUT2D eigenvalue weighted by Crippen LogP contribution is 2.26. The van der Waals surface area contributed by atoms with Crippen molar-refractivity contribution in [3.8, 4) is 5.75 Å². The van der Waals surface area contributed by atoms with Gasteiger partial charge < -0.3 is 23.5 Å². The van der Waals surface area contributed by atoms with E-state index >= 15 is 0 Å². The second-order valence-corrected chi connectivity index (χ2v) is 8.50. The van der Waals surface area contributed by atoms with E-state index in [1.54, 1.807) is 12.1 Å². The minimum Gasteiger partial charge on any atom is -0.508 e. The molecule has 1 aromatic carbocycles. The normalized spacial score (nSPS) is 12.8. The molecule has 0 heterocycles. The summed E-state index contributed by atoms with van der Waals surface area (Å²) in [7, 11) is -2.77. The number of aliphatic hydroxyl groups excluding tert-OH is 1. The van der Waals surface area contributed by atoms with Crippen LogP contribution in [0.15, 0.2) is 29.8 Å². The molecule has 0 unspecified atom stereocenters. The molecule has 0 atom stereocenters. The summed E-state index contributed by atoms with van der Waals surface area (Å²) < 4.78 is 17.4. The molecule has 0 spiro atoms. The van der Waals surface area contributed by atoms with Crippen LogP contribution in [0.2, 0.25) is 6.04 Å². The van der Waals surface area contributed by atoms with Crippen LogP contribution in [0.3, 0.4) is 0 Å². The van der Waals surface area contributed by atoms with Gasteiger partial charge in [-0.1, -0.05) is 0 Å². The van der Waals surface area contributed by atoms with Crippen molar-refractivity contribution in [2.75, 3.05) is 19.8 Å². The number of aromatic hydroxyl groups is 1. The SMILES string of the molecule is CCO[Si](CCCC(C(C)=O)=C(O)c1ccc(O)cc1)(OCC)OCC. The number of hydrogen-bond acceptors (Lipinski definition) is 6. The van der Waals surface area contributed by atoms with E-state index in [9.17, 15) is 15.0 Å². The number of phenols is 1. The molecular formula is C19H30O6Si. The van der Waals surface area contributed by atoms with Crippen LogP contribution in [0.1, 0.15) is 46.1 Å². The number of rotatable bonds is 12. The molecule has 0 aromatic heterocycles. The highest BCUT2D eigenvalue weighted by molar-refractivity contribution is 6.60. The zero-order valence-corrected chi connectivity index (χ0v) is 17.1. The van der Waals surface area contributed by atoms with Gasteiger partial charge in [0.25, 0.3) is 0 Å². The summed E-state index contributed by atoms with van der Waals surface area (Å²) in [6, 6.07) is 6.67. The Labute approximate surface area is 156 Å². The van der Waals surface area contributed by atoms with Crippen molar-refractivity contribution in [2.45, 2.75) is 46.6 Å². The Balaban J connectivity index is 2.92. The standard InChI is InChI=1S/C19H30O6Si/c1-5-23-26(24-6-2,25-7-3)14-8-9-18(15(4)20)19(22)16-10-12-17(21)13-11-16/h10-13,21-22H,5-9,14H2,1-4H3. The Bertz CT molecular complexity index is 580. The van der Waals surface area contributed by atoms with Gasteiger partial charge in [-0.2, -0.15) is 0 Å². The van der Waals surface area contributed by atoms with Crippen molar-refractivity contribution in [2.24, 2.45) is 0 Å². The first kappa shape index (κ1) is 22.4. The van der Waals surface area contributed by atoms with E-state index < -0.39 is 8.80 Å². The van der Waals surface area contributed by atoms with Crippen LogP contribution < -0.4 is 0 Å². The summed E-state index contributed by atoms with van der Waals surface area (Å²) in [4.78, 5) is 12.0. The predicted molar refractivity (Wildman–Crippen MR) is 103 cm³/mol. The number of aliphatic hydroxyl groups is 1. The molecule has 0 fully saturated rings. The Kier molecular flexibility index (Phi) is 9.57. The first-order chi connectivity index (χ1) is 12.4. The molecule has 0 radical (unpaired) electrons. The molecule has 0 aliphatic rings.